The van der Waals surface area contributed by atoms with Gasteiger partial charge in [-0.05, 0) is 44.2 Å². The van der Waals surface area contributed by atoms with Crippen LogP contribution >= 0.6 is 0 Å². The number of hydrogen-bond acceptors (Lipinski definition) is 4. The van der Waals surface area contributed by atoms with Crippen LogP contribution in [0.3, 0.4) is 0 Å². The highest BCUT2D eigenvalue weighted by Gasteiger charge is 2.33. The van der Waals surface area contributed by atoms with Crippen LogP contribution in [0.5, 0.6) is 0 Å². The van der Waals surface area contributed by atoms with Crippen molar-refractivity contribution in [3.63, 3.8) is 0 Å². The van der Waals surface area contributed by atoms with E-state index in [1.54, 1.807) is 0 Å². The molecule has 2 aliphatic heterocycles. The Kier molecular flexibility index (Phi) is 5.22. The molecule has 3 aliphatic rings. The maximum atomic E-state index is 12.8. The van der Waals surface area contributed by atoms with Crippen molar-refractivity contribution in [2.24, 2.45) is 0 Å². The minimum atomic E-state index is 0.0216. The van der Waals surface area contributed by atoms with Gasteiger partial charge in [-0.25, -0.2) is 0 Å². The monoisotopic (exact) mass is 343 g/mol. The number of nitrogens with zero attached hydrogens (tertiary/aromatic N) is 2. The van der Waals surface area contributed by atoms with E-state index in [0.29, 0.717) is 6.54 Å². The second-order valence-electron chi connectivity index (χ2n) is 7.49. The highest BCUT2D eigenvalue weighted by Crippen LogP contribution is 2.28. The van der Waals surface area contributed by atoms with Crippen LogP contribution in [0.4, 0.5) is 5.69 Å². The highest BCUT2D eigenvalue weighted by atomic mass is 16.5. The van der Waals surface area contributed by atoms with Gasteiger partial charge in [-0.3, -0.25) is 9.69 Å². The summed E-state index contributed by atoms with van der Waals surface area (Å²) in [5.74, 6) is 0.0216. The Balaban J connectivity index is 1.36. The van der Waals surface area contributed by atoms with Gasteiger partial charge >= 0.3 is 0 Å². The normalized spacial score (nSPS) is 25.0. The third-order valence-corrected chi connectivity index (χ3v) is 5.57. The molecule has 1 amide bonds. The summed E-state index contributed by atoms with van der Waals surface area (Å²) in [5.41, 5.74) is 1.86. The van der Waals surface area contributed by atoms with Crippen molar-refractivity contribution < 1.29 is 9.53 Å². The van der Waals surface area contributed by atoms with E-state index in [1.807, 2.05) is 18.2 Å². The quantitative estimate of drug-likeness (QED) is 0.891. The van der Waals surface area contributed by atoms with Crippen molar-refractivity contribution in [1.82, 2.24) is 10.2 Å². The Morgan fingerprint density at radius 1 is 1.12 bits per heavy atom. The van der Waals surface area contributed by atoms with Crippen molar-refractivity contribution in [1.29, 1.82) is 0 Å². The fourth-order valence-corrected chi connectivity index (χ4v) is 4.01. The number of anilines is 1. The van der Waals surface area contributed by atoms with E-state index in [-0.39, 0.29) is 12.0 Å². The Labute approximate surface area is 150 Å². The van der Waals surface area contributed by atoms with E-state index in [1.165, 1.54) is 32.1 Å². The van der Waals surface area contributed by atoms with Gasteiger partial charge in [0.1, 0.15) is 0 Å². The van der Waals surface area contributed by atoms with Crippen LogP contribution in [-0.2, 0) is 4.74 Å². The number of benzene rings is 1. The number of morpholine rings is 1. The lowest BCUT2D eigenvalue weighted by atomic mass is 10.1. The van der Waals surface area contributed by atoms with E-state index >= 15 is 0 Å². The fourth-order valence-electron chi connectivity index (χ4n) is 4.01. The van der Waals surface area contributed by atoms with Gasteiger partial charge in [0, 0.05) is 44.5 Å². The molecule has 2 heterocycles. The number of amides is 1. The van der Waals surface area contributed by atoms with Crippen LogP contribution in [0.15, 0.2) is 24.3 Å². The fraction of sp³-hybridized carbons (Fsp3) is 0.650. The van der Waals surface area contributed by atoms with Gasteiger partial charge in [0.25, 0.3) is 5.91 Å². The van der Waals surface area contributed by atoms with Gasteiger partial charge in [-0.2, -0.15) is 0 Å². The first-order chi connectivity index (χ1) is 12.3. The zero-order chi connectivity index (χ0) is 17.1. The molecule has 1 atom stereocenters. The second kappa shape index (κ2) is 7.75. The first-order valence-corrected chi connectivity index (χ1v) is 9.79. The van der Waals surface area contributed by atoms with Crippen molar-refractivity contribution in [3.8, 4) is 0 Å². The molecule has 1 aromatic rings. The molecule has 5 heteroatoms. The molecule has 25 heavy (non-hydrogen) atoms. The van der Waals surface area contributed by atoms with E-state index in [9.17, 15) is 4.79 Å². The average molecular weight is 343 g/mol. The molecular weight excluding hydrogens is 314 g/mol. The number of para-hydroxylation sites is 1. The summed E-state index contributed by atoms with van der Waals surface area (Å²) < 4.78 is 5.85. The zero-order valence-corrected chi connectivity index (χ0v) is 15.0. The maximum Gasteiger partial charge on any atom is 0.253 e. The standard InChI is InChI=1S/C20H29N3O2/c24-20(21-14-17-15-23(12-13-25-17)16-8-9-16)18-6-2-3-7-19(18)22-10-4-1-5-11-22/h2-3,6-7,16-17H,1,4-5,8-15H2,(H,21,24). The van der Waals surface area contributed by atoms with E-state index in [4.69, 9.17) is 4.74 Å². The number of hydrogen-bond donors (Lipinski definition) is 1. The second-order valence-corrected chi connectivity index (χ2v) is 7.49. The van der Waals surface area contributed by atoms with Crippen LogP contribution in [0, 0.1) is 0 Å². The van der Waals surface area contributed by atoms with E-state index in [2.05, 4.69) is 21.2 Å². The topological polar surface area (TPSA) is 44.8 Å². The molecule has 0 spiro atoms. The minimum Gasteiger partial charge on any atom is -0.374 e. The molecule has 0 bridgehead atoms. The van der Waals surface area contributed by atoms with Crippen LogP contribution in [0.1, 0.15) is 42.5 Å². The van der Waals surface area contributed by atoms with Gasteiger partial charge < -0.3 is 15.0 Å². The van der Waals surface area contributed by atoms with Gasteiger partial charge in [-0.1, -0.05) is 12.1 Å². The molecule has 0 aromatic heterocycles. The predicted octanol–water partition coefficient (Wildman–Crippen LogP) is 2.27. The predicted molar refractivity (Wildman–Crippen MR) is 99.2 cm³/mol. The third-order valence-electron chi connectivity index (χ3n) is 5.57. The maximum absolute atomic E-state index is 12.8. The van der Waals surface area contributed by atoms with E-state index < -0.39 is 0 Å². The number of rotatable bonds is 5. The molecule has 0 radical (unpaired) electrons. The summed E-state index contributed by atoms with van der Waals surface area (Å²) in [7, 11) is 0. The molecule has 5 nitrogen and oxygen atoms in total. The molecule has 1 aliphatic carbocycles. The first kappa shape index (κ1) is 16.9. The lowest BCUT2D eigenvalue weighted by molar-refractivity contribution is -0.0293. The Hall–Kier alpha value is -1.59. The van der Waals surface area contributed by atoms with Gasteiger partial charge in [0.05, 0.1) is 18.3 Å². The number of ether oxygens (including phenoxy) is 1. The van der Waals surface area contributed by atoms with E-state index in [0.717, 1.165) is 50.1 Å². The van der Waals surface area contributed by atoms with Crippen molar-refractivity contribution in [2.45, 2.75) is 44.2 Å². The number of nitrogens with one attached hydrogen (secondary N) is 1. The molecule has 3 fully saturated rings. The van der Waals surface area contributed by atoms with Gasteiger partial charge in [-0.15, -0.1) is 0 Å². The van der Waals surface area contributed by atoms with Gasteiger partial charge in [0.15, 0.2) is 0 Å². The highest BCUT2D eigenvalue weighted by molar-refractivity contribution is 5.99. The lowest BCUT2D eigenvalue weighted by Crippen LogP contribution is -2.48. The average Bonchev–Trinajstić information content (AvgIpc) is 3.52. The number of carbonyl (C=O) groups excluding carboxylic acids is 1. The van der Waals surface area contributed by atoms with Crippen molar-refractivity contribution in [2.75, 3.05) is 44.2 Å². The summed E-state index contributed by atoms with van der Waals surface area (Å²) in [4.78, 5) is 17.6. The largest absolute Gasteiger partial charge is 0.374 e. The van der Waals surface area contributed by atoms with Crippen LogP contribution < -0.4 is 10.2 Å². The smallest absolute Gasteiger partial charge is 0.253 e. The van der Waals surface area contributed by atoms with Crippen molar-refractivity contribution >= 4 is 11.6 Å². The number of carbonyl (C=O) groups is 1. The Morgan fingerprint density at radius 3 is 2.72 bits per heavy atom. The molecule has 1 unspecified atom stereocenters. The Bertz CT molecular complexity index is 596. The van der Waals surface area contributed by atoms with Gasteiger partial charge in [0.2, 0.25) is 0 Å². The summed E-state index contributed by atoms with van der Waals surface area (Å²) in [5, 5.41) is 3.11. The SMILES string of the molecule is O=C(NCC1CN(C2CC2)CCO1)c1ccccc1N1CCCCC1. The van der Waals surface area contributed by atoms with Crippen LogP contribution in [0.25, 0.3) is 0 Å². The van der Waals surface area contributed by atoms with Crippen LogP contribution in [-0.4, -0.2) is 62.3 Å². The molecule has 1 N–H and O–H groups in total. The van der Waals surface area contributed by atoms with Crippen LogP contribution in [0.2, 0.25) is 0 Å². The number of piperidine rings is 1. The first-order valence-electron chi connectivity index (χ1n) is 9.79. The summed E-state index contributed by atoms with van der Waals surface area (Å²) in [6.07, 6.45) is 6.47. The summed E-state index contributed by atoms with van der Waals surface area (Å²) >= 11 is 0. The third kappa shape index (κ3) is 4.15. The minimum absolute atomic E-state index is 0.0216. The zero-order valence-electron chi connectivity index (χ0n) is 15.0. The molecule has 1 saturated carbocycles. The summed E-state index contributed by atoms with van der Waals surface area (Å²) in [6.45, 7) is 5.45. The van der Waals surface area contributed by atoms with Crippen molar-refractivity contribution in [3.05, 3.63) is 29.8 Å². The molecule has 136 valence electrons. The lowest BCUT2D eigenvalue weighted by Gasteiger charge is -2.33. The molecule has 1 aromatic carbocycles. The molecule has 4 rings (SSSR count). The summed E-state index contributed by atoms with van der Waals surface area (Å²) in [6, 6.07) is 8.76. The Morgan fingerprint density at radius 2 is 1.92 bits per heavy atom. The molecule has 2 saturated heterocycles. The molecular formula is C20H29N3O2.